The van der Waals surface area contributed by atoms with Gasteiger partial charge in [0.15, 0.2) is 0 Å². The Bertz CT molecular complexity index is 170. The van der Waals surface area contributed by atoms with Crippen LogP contribution in [0.15, 0.2) is 0 Å². The highest BCUT2D eigenvalue weighted by Gasteiger charge is 2.31. The van der Waals surface area contributed by atoms with Gasteiger partial charge in [0.1, 0.15) is 5.78 Å². The van der Waals surface area contributed by atoms with E-state index in [4.69, 9.17) is 4.74 Å². The van der Waals surface area contributed by atoms with Crippen LogP contribution in [0.3, 0.4) is 0 Å². The van der Waals surface area contributed by atoms with Crippen molar-refractivity contribution in [3.63, 3.8) is 0 Å². The highest BCUT2D eigenvalue weighted by molar-refractivity contribution is 5.78. The molecule has 1 aliphatic heterocycles. The first-order valence-electron chi connectivity index (χ1n) is 4.34. The Morgan fingerprint density at radius 1 is 1.67 bits per heavy atom. The molecular weight excluding hydrogens is 154 g/mol. The highest BCUT2D eigenvalue weighted by Crippen LogP contribution is 2.22. The van der Waals surface area contributed by atoms with Gasteiger partial charge in [0.05, 0.1) is 6.61 Å². The summed E-state index contributed by atoms with van der Waals surface area (Å²) in [7, 11) is 3.75. The first-order chi connectivity index (χ1) is 5.65. The van der Waals surface area contributed by atoms with Crippen LogP contribution < -0.4 is 0 Å². The highest BCUT2D eigenvalue weighted by atomic mass is 16.5. The minimum atomic E-state index is 0.232. The van der Waals surface area contributed by atoms with Crippen molar-refractivity contribution in [2.75, 3.05) is 27.3 Å². The number of hydrogen-bond donors (Lipinski definition) is 0. The summed E-state index contributed by atoms with van der Waals surface area (Å²) in [4.78, 5) is 13.3. The van der Waals surface area contributed by atoms with Crippen LogP contribution in [0.4, 0.5) is 0 Å². The lowest BCUT2D eigenvalue weighted by atomic mass is 10.0. The summed E-state index contributed by atoms with van der Waals surface area (Å²) in [6.45, 7) is 3.30. The second-order valence-corrected chi connectivity index (χ2v) is 3.59. The molecule has 3 heteroatoms. The van der Waals surface area contributed by atoms with E-state index in [0.29, 0.717) is 11.8 Å². The molecule has 0 N–H and O–H groups in total. The van der Waals surface area contributed by atoms with Gasteiger partial charge in [-0.15, -0.1) is 0 Å². The number of ether oxygens (including phenoxy) is 1. The summed E-state index contributed by atoms with van der Waals surface area (Å²) >= 11 is 0. The van der Waals surface area contributed by atoms with Crippen molar-refractivity contribution in [3.8, 4) is 0 Å². The van der Waals surface area contributed by atoms with Gasteiger partial charge < -0.3 is 9.64 Å². The van der Waals surface area contributed by atoms with E-state index in [1.807, 2.05) is 7.05 Å². The van der Waals surface area contributed by atoms with Gasteiger partial charge in [-0.1, -0.05) is 0 Å². The van der Waals surface area contributed by atoms with Gasteiger partial charge in [0.2, 0.25) is 0 Å². The third-order valence-corrected chi connectivity index (χ3v) is 2.62. The number of carbonyl (C=O) groups is 1. The summed E-state index contributed by atoms with van der Waals surface area (Å²) in [6.07, 6.45) is 0.958. The molecule has 3 nitrogen and oxygen atoms in total. The van der Waals surface area contributed by atoms with Crippen LogP contribution in [0.5, 0.6) is 0 Å². The average molecular weight is 171 g/mol. The SMILES string of the molecule is COCC1CC(C(C)=O)CN1C. The molecule has 12 heavy (non-hydrogen) atoms. The van der Waals surface area contributed by atoms with E-state index in [9.17, 15) is 4.79 Å². The molecule has 1 fully saturated rings. The number of likely N-dealkylation sites (tertiary alicyclic amines) is 1. The quantitative estimate of drug-likeness (QED) is 0.621. The number of likely N-dealkylation sites (N-methyl/N-ethyl adjacent to an activating group) is 1. The van der Waals surface area contributed by atoms with E-state index in [0.717, 1.165) is 19.6 Å². The summed E-state index contributed by atoms with van der Waals surface area (Å²) in [5, 5.41) is 0. The molecule has 70 valence electrons. The Morgan fingerprint density at radius 3 is 2.75 bits per heavy atom. The molecular formula is C9H17NO2. The van der Waals surface area contributed by atoms with E-state index >= 15 is 0 Å². The molecule has 0 aliphatic carbocycles. The third-order valence-electron chi connectivity index (χ3n) is 2.62. The van der Waals surface area contributed by atoms with E-state index in [1.165, 1.54) is 0 Å². The van der Waals surface area contributed by atoms with Crippen LogP contribution in [0, 0.1) is 5.92 Å². The fraction of sp³-hybridized carbons (Fsp3) is 0.889. The molecule has 0 spiro atoms. The lowest BCUT2D eigenvalue weighted by Gasteiger charge is -2.17. The second kappa shape index (κ2) is 4.01. The zero-order valence-corrected chi connectivity index (χ0v) is 8.04. The summed E-state index contributed by atoms with van der Waals surface area (Å²) in [5.41, 5.74) is 0. The van der Waals surface area contributed by atoms with Crippen LogP contribution in [0.25, 0.3) is 0 Å². The predicted molar refractivity (Wildman–Crippen MR) is 47.1 cm³/mol. The van der Waals surface area contributed by atoms with E-state index in [2.05, 4.69) is 4.90 Å². The maximum Gasteiger partial charge on any atom is 0.134 e. The zero-order valence-electron chi connectivity index (χ0n) is 8.04. The standard InChI is InChI=1S/C9H17NO2/c1-7(11)8-4-9(6-12-3)10(2)5-8/h8-9H,4-6H2,1-3H3. The summed E-state index contributed by atoms with van der Waals surface area (Å²) in [6, 6.07) is 0.434. The van der Waals surface area contributed by atoms with Crippen LogP contribution in [0.2, 0.25) is 0 Å². The molecule has 1 heterocycles. The van der Waals surface area contributed by atoms with Crippen LogP contribution in [0.1, 0.15) is 13.3 Å². The molecule has 0 saturated carbocycles. The predicted octanol–water partition coefficient (Wildman–Crippen LogP) is 0.542. The second-order valence-electron chi connectivity index (χ2n) is 3.59. The third kappa shape index (κ3) is 2.05. The number of Topliss-reactive ketones (excluding diaryl/α,β-unsaturated/α-hetero) is 1. The van der Waals surface area contributed by atoms with Crippen molar-refractivity contribution in [3.05, 3.63) is 0 Å². The minimum Gasteiger partial charge on any atom is -0.383 e. The number of ketones is 1. The van der Waals surface area contributed by atoms with Gasteiger partial charge in [-0.3, -0.25) is 4.79 Å². The van der Waals surface area contributed by atoms with Gasteiger partial charge in [-0.2, -0.15) is 0 Å². The number of carbonyl (C=O) groups excluding carboxylic acids is 1. The van der Waals surface area contributed by atoms with Crippen molar-refractivity contribution in [2.24, 2.45) is 5.92 Å². The molecule has 2 atom stereocenters. The van der Waals surface area contributed by atoms with E-state index in [1.54, 1.807) is 14.0 Å². The molecule has 0 radical (unpaired) electrons. The number of hydrogen-bond acceptors (Lipinski definition) is 3. The molecule has 0 bridgehead atoms. The van der Waals surface area contributed by atoms with Crippen molar-refractivity contribution < 1.29 is 9.53 Å². The van der Waals surface area contributed by atoms with E-state index < -0.39 is 0 Å². The number of rotatable bonds is 3. The lowest BCUT2D eigenvalue weighted by Crippen LogP contribution is -2.28. The van der Waals surface area contributed by atoms with Gasteiger partial charge in [0.25, 0.3) is 0 Å². The molecule has 0 aromatic carbocycles. The monoisotopic (exact) mass is 171 g/mol. The Kier molecular flexibility index (Phi) is 3.23. The molecule has 2 unspecified atom stereocenters. The fourth-order valence-electron chi connectivity index (χ4n) is 1.76. The van der Waals surface area contributed by atoms with E-state index in [-0.39, 0.29) is 5.92 Å². The lowest BCUT2D eigenvalue weighted by molar-refractivity contribution is -0.120. The normalized spacial score (nSPS) is 30.9. The Morgan fingerprint density at radius 2 is 2.33 bits per heavy atom. The molecule has 0 aromatic rings. The van der Waals surface area contributed by atoms with Gasteiger partial charge in [0, 0.05) is 25.6 Å². The largest absolute Gasteiger partial charge is 0.383 e. The smallest absolute Gasteiger partial charge is 0.134 e. The zero-order chi connectivity index (χ0) is 9.14. The topological polar surface area (TPSA) is 29.5 Å². The van der Waals surface area contributed by atoms with Crippen LogP contribution >= 0.6 is 0 Å². The fourth-order valence-corrected chi connectivity index (χ4v) is 1.76. The molecule has 0 amide bonds. The minimum absolute atomic E-state index is 0.232. The van der Waals surface area contributed by atoms with Crippen LogP contribution in [-0.4, -0.2) is 44.0 Å². The first-order valence-corrected chi connectivity index (χ1v) is 4.34. The first kappa shape index (κ1) is 9.68. The Hall–Kier alpha value is -0.410. The van der Waals surface area contributed by atoms with Gasteiger partial charge in [-0.05, 0) is 20.4 Å². The summed E-state index contributed by atoms with van der Waals surface area (Å²) in [5.74, 6) is 0.538. The Labute approximate surface area is 73.7 Å². The summed E-state index contributed by atoms with van der Waals surface area (Å²) < 4.78 is 5.07. The maximum absolute atomic E-state index is 11.1. The van der Waals surface area contributed by atoms with Crippen molar-refractivity contribution in [1.29, 1.82) is 0 Å². The van der Waals surface area contributed by atoms with Gasteiger partial charge in [-0.25, -0.2) is 0 Å². The van der Waals surface area contributed by atoms with Crippen molar-refractivity contribution in [2.45, 2.75) is 19.4 Å². The maximum atomic E-state index is 11.1. The van der Waals surface area contributed by atoms with Crippen molar-refractivity contribution in [1.82, 2.24) is 4.90 Å². The molecule has 1 aliphatic rings. The van der Waals surface area contributed by atoms with Gasteiger partial charge >= 0.3 is 0 Å². The molecule has 1 saturated heterocycles. The van der Waals surface area contributed by atoms with Crippen LogP contribution in [-0.2, 0) is 9.53 Å². The Balaban J connectivity index is 2.44. The number of methoxy groups -OCH3 is 1. The molecule has 1 rings (SSSR count). The molecule has 0 aromatic heterocycles. The number of nitrogens with zero attached hydrogens (tertiary/aromatic N) is 1. The average Bonchev–Trinajstić information content (AvgIpc) is 2.34. The van der Waals surface area contributed by atoms with Crippen molar-refractivity contribution >= 4 is 5.78 Å².